The van der Waals surface area contributed by atoms with Crippen molar-refractivity contribution in [3.05, 3.63) is 33.3 Å². The Kier molecular flexibility index (Phi) is 3.56. The van der Waals surface area contributed by atoms with Crippen molar-refractivity contribution in [2.75, 3.05) is 0 Å². The van der Waals surface area contributed by atoms with Crippen LogP contribution in [0.3, 0.4) is 0 Å². The van der Waals surface area contributed by atoms with Crippen molar-refractivity contribution in [2.45, 2.75) is 25.7 Å². The van der Waals surface area contributed by atoms with Gasteiger partial charge in [-0.15, -0.1) is 0 Å². The molecular weight excluding hydrogens is 302 g/mol. The number of carbonyl (C=O) groups is 1. The van der Waals surface area contributed by atoms with Crippen LogP contribution in [-0.2, 0) is 11.2 Å². The molecule has 0 radical (unpaired) electrons. The largest absolute Gasteiger partial charge is 0.298 e. The fourth-order valence-corrected chi connectivity index (χ4v) is 3.00. The van der Waals surface area contributed by atoms with Crippen molar-refractivity contribution in [3.8, 4) is 6.07 Å². The normalized spacial score (nSPS) is 23.7. The molecule has 1 aliphatic rings. The van der Waals surface area contributed by atoms with Crippen LogP contribution in [0.25, 0.3) is 0 Å². The van der Waals surface area contributed by atoms with Crippen LogP contribution in [0.4, 0.5) is 0 Å². The van der Waals surface area contributed by atoms with Crippen LogP contribution >= 0.6 is 27.5 Å². The van der Waals surface area contributed by atoms with Gasteiger partial charge in [0.1, 0.15) is 5.41 Å². The monoisotopic (exact) mass is 311 g/mol. The smallest absolute Gasteiger partial charge is 0.153 e. The highest BCUT2D eigenvalue weighted by molar-refractivity contribution is 9.10. The molecule has 0 heterocycles. The summed E-state index contributed by atoms with van der Waals surface area (Å²) in [6.07, 6.45) is 2.39. The van der Waals surface area contributed by atoms with E-state index in [0.29, 0.717) is 24.3 Å². The third kappa shape index (κ3) is 2.38. The first-order valence-electron chi connectivity index (χ1n) is 5.46. The highest BCUT2D eigenvalue weighted by Gasteiger charge is 2.42. The van der Waals surface area contributed by atoms with E-state index in [0.717, 1.165) is 16.5 Å². The minimum absolute atomic E-state index is 0.0546. The molecule has 0 saturated heterocycles. The Morgan fingerprint density at radius 1 is 1.53 bits per heavy atom. The summed E-state index contributed by atoms with van der Waals surface area (Å²) >= 11 is 9.46. The standard InChI is InChI=1S/C13H11BrClNO/c14-10-4-3-9(11(15)6-10)7-13(8-16)5-1-2-12(13)17/h3-4,6H,1-2,5,7H2. The van der Waals surface area contributed by atoms with Crippen molar-refractivity contribution in [1.82, 2.24) is 0 Å². The van der Waals surface area contributed by atoms with E-state index in [-0.39, 0.29) is 5.78 Å². The molecule has 0 N–H and O–H groups in total. The molecule has 0 bridgehead atoms. The quantitative estimate of drug-likeness (QED) is 0.831. The Bertz CT molecular complexity index is 509. The maximum Gasteiger partial charge on any atom is 0.153 e. The van der Waals surface area contributed by atoms with E-state index in [1.54, 1.807) is 6.07 Å². The number of Topliss-reactive ketones (excluding diaryl/α,β-unsaturated/α-hetero) is 1. The molecule has 1 aromatic carbocycles. The molecule has 4 heteroatoms. The first-order valence-corrected chi connectivity index (χ1v) is 6.63. The molecule has 1 unspecified atom stereocenters. The van der Waals surface area contributed by atoms with Gasteiger partial charge in [0.05, 0.1) is 6.07 Å². The lowest BCUT2D eigenvalue weighted by molar-refractivity contribution is -0.123. The van der Waals surface area contributed by atoms with Gasteiger partial charge in [-0.2, -0.15) is 5.26 Å². The first-order chi connectivity index (χ1) is 8.07. The van der Waals surface area contributed by atoms with E-state index in [1.165, 1.54) is 0 Å². The Hall–Kier alpha value is -0.850. The van der Waals surface area contributed by atoms with Crippen molar-refractivity contribution < 1.29 is 4.79 Å². The molecular formula is C13H11BrClNO. The van der Waals surface area contributed by atoms with Crippen LogP contribution in [0.2, 0.25) is 5.02 Å². The van der Waals surface area contributed by atoms with Gasteiger partial charge in [0.2, 0.25) is 0 Å². The Labute approximate surface area is 114 Å². The molecule has 0 amide bonds. The average Bonchev–Trinajstić information content (AvgIpc) is 2.65. The van der Waals surface area contributed by atoms with Crippen LogP contribution in [-0.4, -0.2) is 5.78 Å². The zero-order chi connectivity index (χ0) is 12.5. The third-order valence-corrected chi connectivity index (χ3v) is 4.11. The predicted octanol–water partition coefficient (Wildman–Crippen LogP) is 3.91. The van der Waals surface area contributed by atoms with Crippen LogP contribution in [0.5, 0.6) is 0 Å². The average molecular weight is 313 g/mol. The van der Waals surface area contributed by atoms with Gasteiger partial charge in [0.15, 0.2) is 5.78 Å². The molecule has 0 aromatic heterocycles. The second-order valence-corrected chi connectivity index (χ2v) is 5.71. The molecule has 2 nitrogen and oxygen atoms in total. The molecule has 1 atom stereocenters. The zero-order valence-electron chi connectivity index (χ0n) is 9.17. The number of rotatable bonds is 2. The summed E-state index contributed by atoms with van der Waals surface area (Å²) in [7, 11) is 0. The molecule has 0 aliphatic heterocycles. The van der Waals surface area contributed by atoms with Crippen molar-refractivity contribution in [2.24, 2.45) is 5.41 Å². The molecule has 2 rings (SSSR count). The Morgan fingerprint density at radius 2 is 2.29 bits per heavy atom. The molecule has 1 aromatic rings. The lowest BCUT2D eigenvalue weighted by Crippen LogP contribution is -2.26. The second kappa shape index (κ2) is 4.80. The number of ketones is 1. The summed E-state index contributed by atoms with van der Waals surface area (Å²) in [5.41, 5.74) is 0.0176. The van der Waals surface area contributed by atoms with Gasteiger partial charge >= 0.3 is 0 Å². The number of halogens is 2. The summed E-state index contributed by atoms with van der Waals surface area (Å²) in [4.78, 5) is 11.8. The topological polar surface area (TPSA) is 40.9 Å². The van der Waals surface area contributed by atoms with Gasteiger partial charge in [0.25, 0.3) is 0 Å². The SMILES string of the molecule is N#CC1(Cc2ccc(Br)cc2Cl)CCCC1=O. The van der Waals surface area contributed by atoms with E-state index >= 15 is 0 Å². The van der Waals surface area contributed by atoms with Crippen LogP contribution in [0.1, 0.15) is 24.8 Å². The second-order valence-electron chi connectivity index (χ2n) is 4.38. The zero-order valence-corrected chi connectivity index (χ0v) is 11.5. The van der Waals surface area contributed by atoms with Crippen molar-refractivity contribution in [1.29, 1.82) is 5.26 Å². The van der Waals surface area contributed by atoms with Gasteiger partial charge in [-0.1, -0.05) is 33.6 Å². The summed E-state index contributed by atoms with van der Waals surface area (Å²) in [6, 6.07) is 7.74. The molecule has 1 aliphatic carbocycles. The van der Waals surface area contributed by atoms with E-state index in [2.05, 4.69) is 22.0 Å². The van der Waals surface area contributed by atoms with E-state index < -0.39 is 5.41 Å². The van der Waals surface area contributed by atoms with Gasteiger partial charge in [-0.25, -0.2) is 0 Å². The summed E-state index contributed by atoms with van der Waals surface area (Å²) in [6.45, 7) is 0. The van der Waals surface area contributed by atoms with Crippen LogP contribution < -0.4 is 0 Å². The van der Waals surface area contributed by atoms with E-state index in [9.17, 15) is 10.1 Å². The third-order valence-electron chi connectivity index (χ3n) is 3.26. The van der Waals surface area contributed by atoms with E-state index in [4.69, 9.17) is 11.6 Å². The molecule has 88 valence electrons. The van der Waals surface area contributed by atoms with Crippen molar-refractivity contribution >= 4 is 33.3 Å². The summed E-state index contributed by atoms with van der Waals surface area (Å²) in [5, 5.41) is 9.88. The predicted molar refractivity (Wildman–Crippen MR) is 69.8 cm³/mol. The van der Waals surface area contributed by atoms with Crippen LogP contribution in [0, 0.1) is 16.7 Å². The van der Waals surface area contributed by atoms with Crippen molar-refractivity contribution in [3.63, 3.8) is 0 Å². The molecule has 1 fully saturated rings. The number of hydrogen-bond acceptors (Lipinski definition) is 2. The number of carbonyl (C=O) groups excluding carboxylic acids is 1. The van der Waals surface area contributed by atoms with Gasteiger partial charge < -0.3 is 0 Å². The van der Waals surface area contributed by atoms with Gasteiger partial charge in [0, 0.05) is 15.9 Å². The van der Waals surface area contributed by atoms with E-state index in [1.807, 2.05) is 12.1 Å². The minimum Gasteiger partial charge on any atom is -0.298 e. The highest BCUT2D eigenvalue weighted by Crippen LogP contribution is 2.39. The first kappa shape index (κ1) is 12.6. The minimum atomic E-state index is -0.850. The number of benzene rings is 1. The number of hydrogen-bond donors (Lipinski definition) is 0. The maximum atomic E-state index is 11.8. The number of nitriles is 1. The van der Waals surface area contributed by atoms with Gasteiger partial charge in [-0.05, 0) is 37.0 Å². The summed E-state index contributed by atoms with van der Waals surface area (Å²) < 4.78 is 0.898. The van der Waals surface area contributed by atoms with Gasteiger partial charge in [-0.3, -0.25) is 4.79 Å². The lowest BCUT2D eigenvalue weighted by atomic mass is 9.81. The Morgan fingerprint density at radius 3 is 2.82 bits per heavy atom. The lowest BCUT2D eigenvalue weighted by Gasteiger charge is -2.19. The fraction of sp³-hybridized carbons (Fsp3) is 0.385. The molecule has 1 saturated carbocycles. The fourth-order valence-electron chi connectivity index (χ4n) is 2.26. The Balaban J connectivity index is 2.31. The highest BCUT2D eigenvalue weighted by atomic mass is 79.9. The summed E-state index contributed by atoms with van der Waals surface area (Å²) in [5.74, 6) is 0.0546. The molecule has 17 heavy (non-hydrogen) atoms. The number of nitrogens with zero attached hydrogens (tertiary/aromatic N) is 1. The van der Waals surface area contributed by atoms with Crippen LogP contribution in [0.15, 0.2) is 22.7 Å². The molecule has 0 spiro atoms. The maximum absolute atomic E-state index is 11.8.